The lowest BCUT2D eigenvalue weighted by Gasteiger charge is -2.11. The number of H-pyrrole nitrogens is 1. The smallest absolute Gasteiger partial charge is 0.119 e. The van der Waals surface area contributed by atoms with Crippen LogP contribution in [0.1, 0.15) is 11.3 Å². The molecule has 0 radical (unpaired) electrons. The van der Waals surface area contributed by atoms with Crippen molar-refractivity contribution in [1.82, 2.24) is 15.1 Å². The van der Waals surface area contributed by atoms with E-state index in [2.05, 4.69) is 33.3 Å². The number of nitrogens with zero attached hydrogens (tertiary/aromatic N) is 2. The minimum Gasteiger partial charge on any atom is -0.492 e. The van der Waals surface area contributed by atoms with Gasteiger partial charge in [0, 0.05) is 11.9 Å². The van der Waals surface area contributed by atoms with E-state index in [1.807, 2.05) is 56.6 Å². The Labute approximate surface area is 148 Å². The van der Waals surface area contributed by atoms with Crippen LogP contribution < -0.4 is 4.74 Å². The first-order chi connectivity index (χ1) is 11.2. The Morgan fingerprint density at radius 1 is 1.08 bits per heavy atom. The highest BCUT2D eigenvalue weighted by molar-refractivity contribution is 5.89. The molecule has 0 spiro atoms. The number of aromatic nitrogens is 2. The summed E-state index contributed by atoms with van der Waals surface area (Å²) in [5.41, 5.74) is 3.09. The normalized spacial score (nSPS) is 11.1. The van der Waals surface area contributed by atoms with Crippen molar-refractivity contribution in [3.05, 3.63) is 59.8 Å². The number of rotatable bonds is 6. The Hall–Kier alpha value is -2.30. The van der Waals surface area contributed by atoms with E-state index in [-0.39, 0.29) is 12.4 Å². The quantitative estimate of drug-likeness (QED) is 0.732. The molecule has 3 aromatic rings. The van der Waals surface area contributed by atoms with Crippen LogP contribution in [-0.4, -0.2) is 42.3 Å². The van der Waals surface area contributed by atoms with Gasteiger partial charge in [-0.25, -0.2) is 0 Å². The van der Waals surface area contributed by atoms with Gasteiger partial charge in [0.25, 0.3) is 0 Å². The molecule has 2 aromatic carbocycles. The first kappa shape index (κ1) is 18.0. The molecule has 0 aliphatic rings. The number of fused-ring (bicyclic) bond motifs is 1. The highest BCUT2D eigenvalue weighted by Gasteiger charge is 2.01. The number of nitrogens with one attached hydrogen (secondary N) is 1. The molecule has 0 aliphatic carbocycles. The Bertz CT molecular complexity index is 811. The van der Waals surface area contributed by atoms with Gasteiger partial charge in [-0.1, -0.05) is 36.4 Å². The van der Waals surface area contributed by atoms with Crippen LogP contribution in [0, 0.1) is 0 Å². The number of likely N-dealkylation sites (N-methyl/N-ethyl adjacent to an activating group) is 1. The summed E-state index contributed by atoms with van der Waals surface area (Å²) >= 11 is 0. The molecule has 5 heteroatoms. The van der Waals surface area contributed by atoms with Crippen LogP contribution in [0.15, 0.2) is 48.5 Å². The molecule has 1 heterocycles. The lowest BCUT2D eigenvalue weighted by atomic mass is 10.1. The van der Waals surface area contributed by atoms with Gasteiger partial charge < -0.3 is 9.64 Å². The summed E-state index contributed by atoms with van der Waals surface area (Å²) in [5, 5.41) is 8.52. The van der Waals surface area contributed by atoms with Gasteiger partial charge in [-0.2, -0.15) is 5.10 Å². The molecule has 0 aliphatic heterocycles. The van der Waals surface area contributed by atoms with Crippen LogP contribution in [0.3, 0.4) is 0 Å². The molecule has 4 nitrogen and oxygen atoms in total. The molecule has 0 saturated carbocycles. The Morgan fingerprint density at radius 2 is 1.92 bits per heavy atom. The topological polar surface area (TPSA) is 41.1 Å². The van der Waals surface area contributed by atoms with Gasteiger partial charge in [0.05, 0.1) is 11.2 Å². The fourth-order valence-electron chi connectivity index (χ4n) is 2.34. The second-order valence-electron chi connectivity index (χ2n) is 5.71. The van der Waals surface area contributed by atoms with E-state index in [0.29, 0.717) is 6.61 Å². The van der Waals surface area contributed by atoms with E-state index in [9.17, 15) is 0 Å². The van der Waals surface area contributed by atoms with Crippen LogP contribution in [-0.2, 0) is 0 Å². The molecule has 1 aromatic heterocycles. The molecule has 24 heavy (non-hydrogen) atoms. The van der Waals surface area contributed by atoms with Gasteiger partial charge in [-0.15, -0.1) is 12.4 Å². The van der Waals surface area contributed by atoms with Crippen LogP contribution >= 0.6 is 12.4 Å². The average molecular weight is 344 g/mol. The van der Waals surface area contributed by atoms with Gasteiger partial charge in [-0.05, 0) is 43.9 Å². The number of benzene rings is 2. The van der Waals surface area contributed by atoms with Crippen molar-refractivity contribution < 1.29 is 4.74 Å². The maximum absolute atomic E-state index is 5.77. The number of halogens is 1. The highest BCUT2D eigenvalue weighted by atomic mass is 35.5. The summed E-state index contributed by atoms with van der Waals surface area (Å²) in [4.78, 5) is 2.10. The van der Waals surface area contributed by atoms with E-state index in [0.717, 1.165) is 34.5 Å². The Morgan fingerprint density at radius 3 is 2.75 bits per heavy atom. The van der Waals surface area contributed by atoms with Gasteiger partial charge in [0.15, 0.2) is 0 Å². The molecule has 3 rings (SSSR count). The number of hydrogen-bond donors (Lipinski definition) is 1. The molecular weight excluding hydrogens is 322 g/mol. The standard InChI is InChI=1S/C19H21N3O.ClH/c1-22(2)12-13-23-16-7-5-6-15(14-16)10-11-19-17-8-3-4-9-18(17)20-21-19;/h3-11,14H,12-13H2,1-2H3,(H,20,21);1H/b11-10+;. The molecule has 0 saturated heterocycles. The number of ether oxygens (including phenoxy) is 1. The second-order valence-corrected chi connectivity index (χ2v) is 5.71. The maximum atomic E-state index is 5.77. The minimum absolute atomic E-state index is 0. The summed E-state index contributed by atoms with van der Waals surface area (Å²) in [5.74, 6) is 0.890. The van der Waals surface area contributed by atoms with Gasteiger partial charge in [0.1, 0.15) is 12.4 Å². The molecule has 0 amide bonds. The lowest BCUT2D eigenvalue weighted by Crippen LogP contribution is -2.19. The van der Waals surface area contributed by atoms with Crippen molar-refractivity contribution in [3.8, 4) is 5.75 Å². The third-order valence-corrected chi connectivity index (χ3v) is 3.60. The van der Waals surface area contributed by atoms with Crippen molar-refractivity contribution in [1.29, 1.82) is 0 Å². The average Bonchev–Trinajstić information content (AvgIpc) is 2.96. The van der Waals surface area contributed by atoms with Gasteiger partial charge >= 0.3 is 0 Å². The fourth-order valence-corrected chi connectivity index (χ4v) is 2.34. The highest BCUT2D eigenvalue weighted by Crippen LogP contribution is 2.19. The molecular formula is C19H22ClN3O. The number of hydrogen-bond acceptors (Lipinski definition) is 3. The van der Waals surface area contributed by atoms with Crippen LogP contribution in [0.5, 0.6) is 5.75 Å². The molecule has 1 N–H and O–H groups in total. The van der Waals surface area contributed by atoms with Gasteiger partial charge in [0.2, 0.25) is 0 Å². The van der Waals surface area contributed by atoms with Gasteiger partial charge in [-0.3, -0.25) is 5.10 Å². The first-order valence-corrected chi connectivity index (χ1v) is 7.71. The van der Waals surface area contributed by atoms with E-state index in [4.69, 9.17) is 4.74 Å². The molecule has 126 valence electrons. The Kier molecular flexibility index (Phi) is 6.41. The number of para-hydroxylation sites is 1. The van der Waals surface area contributed by atoms with Crippen molar-refractivity contribution in [2.24, 2.45) is 0 Å². The molecule has 0 fully saturated rings. The monoisotopic (exact) mass is 343 g/mol. The number of aromatic amines is 1. The first-order valence-electron chi connectivity index (χ1n) is 7.71. The van der Waals surface area contributed by atoms with Crippen molar-refractivity contribution >= 4 is 35.5 Å². The van der Waals surface area contributed by atoms with E-state index in [1.54, 1.807) is 0 Å². The van der Waals surface area contributed by atoms with Crippen molar-refractivity contribution in [2.45, 2.75) is 0 Å². The van der Waals surface area contributed by atoms with E-state index >= 15 is 0 Å². The third-order valence-electron chi connectivity index (χ3n) is 3.60. The predicted octanol–water partition coefficient (Wildman–Crippen LogP) is 4.10. The predicted molar refractivity (Wildman–Crippen MR) is 103 cm³/mol. The largest absolute Gasteiger partial charge is 0.492 e. The summed E-state index contributed by atoms with van der Waals surface area (Å²) < 4.78 is 5.77. The van der Waals surface area contributed by atoms with Crippen LogP contribution in [0.4, 0.5) is 0 Å². The summed E-state index contributed by atoms with van der Waals surface area (Å²) in [6, 6.07) is 16.2. The SMILES string of the molecule is CN(C)CCOc1cccc(/C=C/c2n[nH]c3ccccc23)c1.Cl. The molecule has 0 bridgehead atoms. The van der Waals surface area contributed by atoms with E-state index in [1.165, 1.54) is 0 Å². The van der Waals surface area contributed by atoms with Crippen molar-refractivity contribution in [2.75, 3.05) is 27.2 Å². The zero-order valence-electron chi connectivity index (χ0n) is 13.9. The fraction of sp³-hybridized carbons (Fsp3) is 0.211. The zero-order valence-corrected chi connectivity index (χ0v) is 14.7. The lowest BCUT2D eigenvalue weighted by molar-refractivity contribution is 0.261. The summed E-state index contributed by atoms with van der Waals surface area (Å²) in [6.45, 7) is 1.59. The third kappa shape index (κ3) is 4.60. The van der Waals surface area contributed by atoms with Crippen LogP contribution in [0.25, 0.3) is 23.1 Å². The van der Waals surface area contributed by atoms with Crippen LogP contribution in [0.2, 0.25) is 0 Å². The minimum atomic E-state index is 0. The van der Waals surface area contributed by atoms with E-state index < -0.39 is 0 Å². The second kappa shape index (κ2) is 8.52. The summed E-state index contributed by atoms with van der Waals surface area (Å²) in [6.07, 6.45) is 4.08. The summed E-state index contributed by atoms with van der Waals surface area (Å²) in [7, 11) is 4.08. The maximum Gasteiger partial charge on any atom is 0.119 e. The molecule has 0 unspecified atom stereocenters. The molecule has 0 atom stereocenters. The zero-order chi connectivity index (χ0) is 16.1. The van der Waals surface area contributed by atoms with Crippen molar-refractivity contribution in [3.63, 3.8) is 0 Å². The Balaban J connectivity index is 0.00000208.